The Morgan fingerprint density at radius 2 is 1.77 bits per heavy atom. The van der Waals surface area contributed by atoms with Gasteiger partial charge >= 0.3 is 0 Å². The molecule has 1 atom stereocenters. The van der Waals surface area contributed by atoms with E-state index >= 15 is 0 Å². The first-order valence-electron chi connectivity index (χ1n) is 8.44. The van der Waals surface area contributed by atoms with Crippen LogP contribution in [0.25, 0.3) is 5.69 Å². The number of para-hydroxylation sites is 1. The molecule has 0 aliphatic rings. The third-order valence-corrected chi connectivity index (χ3v) is 4.41. The molecule has 1 aromatic heterocycles. The highest BCUT2D eigenvalue weighted by atomic mass is 16.1. The number of benzene rings is 2. The van der Waals surface area contributed by atoms with E-state index < -0.39 is 0 Å². The molecule has 0 aliphatic heterocycles. The minimum absolute atomic E-state index is 0.154. The van der Waals surface area contributed by atoms with E-state index in [0.29, 0.717) is 16.8 Å². The van der Waals surface area contributed by atoms with Crippen molar-refractivity contribution in [2.24, 2.45) is 0 Å². The van der Waals surface area contributed by atoms with Gasteiger partial charge in [0, 0.05) is 0 Å². The molecular formula is C21H20N4O. The number of carbonyl (C=O) groups is 1. The van der Waals surface area contributed by atoms with Gasteiger partial charge in [-0.25, -0.2) is 4.68 Å². The maximum atomic E-state index is 12.8. The average molecular weight is 344 g/mol. The highest BCUT2D eigenvalue weighted by Gasteiger charge is 2.21. The van der Waals surface area contributed by atoms with E-state index in [4.69, 9.17) is 5.26 Å². The summed E-state index contributed by atoms with van der Waals surface area (Å²) in [5.41, 5.74) is 4.56. The van der Waals surface area contributed by atoms with Crippen LogP contribution in [-0.4, -0.2) is 15.7 Å². The lowest BCUT2D eigenvalue weighted by Crippen LogP contribution is -2.27. The van der Waals surface area contributed by atoms with E-state index in [1.807, 2.05) is 63.2 Å². The molecule has 0 spiro atoms. The van der Waals surface area contributed by atoms with Gasteiger partial charge in [-0.15, -0.1) is 0 Å². The van der Waals surface area contributed by atoms with E-state index in [2.05, 4.69) is 16.5 Å². The van der Waals surface area contributed by atoms with Gasteiger partial charge in [-0.3, -0.25) is 4.79 Å². The van der Waals surface area contributed by atoms with Gasteiger partial charge < -0.3 is 5.32 Å². The Morgan fingerprint density at radius 3 is 2.38 bits per heavy atom. The SMILES string of the molecule is Cc1nn(-c2ccccc2)c(C)c1C(=O)NC(C)c1ccc(C#N)cc1. The van der Waals surface area contributed by atoms with Crippen LogP contribution in [-0.2, 0) is 0 Å². The summed E-state index contributed by atoms with van der Waals surface area (Å²) in [7, 11) is 0. The van der Waals surface area contributed by atoms with Crippen molar-refractivity contribution in [2.45, 2.75) is 26.8 Å². The molecule has 1 unspecified atom stereocenters. The topological polar surface area (TPSA) is 70.7 Å². The highest BCUT2D eigenvalue weighted by Crippen LogP contribution is 2.20. The number of amides is 1. The van der Waals surface area contributed by atoms with Crippen molar-refractivity contribution in [3.8, 4) is 11.8 Å². The van der Waals surface area contributed by atoms with Crippen LogP contribution < -0.4 is 5.32 Å². The number of hydrogen-bond donors (Lipinski definition) is 1. The minimum atomic E-state index is -0.172. The number of aryl methyl sites for hydroxylation is 1. The van der Waals surface area contributed by atoms with Crippen molar-refractivity contribution in [1.29, 1.82) is 5.26 Å². The van der Waals surface area contributed by atoms with Gasteiger partial charge in [0.05, 0.1) is 40.3 Å². The van der Waals surface area contributed by atoms with Crippen molar-refractivity contribution in [3.63, 3.8) is 0 Å². The monoisotopic (exact) mass is 344 g/mol. The van der Waals surface area contributed by atoms with Crippen LogP contribution in [0.5, 0.6) is 0 Å². The number of rotatable bonds is 4. The fraction of sp³-hybridized carbons (Fsp3) is 0.190. The van der Waals surface area contributed by atoms with Crippen molar-refractivity contribution in [1.82, 2.24) is 15.1 Å². The summed E-state index contributed by atoms with van der Waals surface area (Å²) in [4.78, 5) is 12.8. The molecule has 1 heterocycles. The van der Waals surface area contributed by atoms with E-state index in [1.165, 1.54) is 0 Å². The average Bonchev–Trinajstić information content (AvgIpc) is 2.96. The maximum Gasteiger partial charge on any atom is 0.255 e. The molecule has 3 rings (SSSR count). The molecule has 1 N–H and O–H groups in total. The van der Waals surface area contributed by atoms with Gasteiger partial charge in [0.1, 0.15) is 0 Å². The Morgan fingerprint density at radius 1 is 1.12 bits per heavy atom. The largest absolute Gasteiger partial charge is 0.345 e. The van der Waals surface area contributed by atoms with Crippen LogP contribution in [0.15, 0.2) is 54.6 Å². The molecule has 2 aromatic carbocycles. The van der Waals surface area contributed by atoms with Gasteiger partial charge in [-0.05, 0) is 50.6 Å². The first-order chi connectivity index (χ1) is 12.5. The summed E-state index contributed by atoms with van der Waals surface area (Å²) in [6.45, 7) is 5.66. The zero-order valence-corrected chi connectivity index (χ0v) is 15.0. The predicted octanol–water partition coefficient (Wildman–Crippen LogP) is 3.85. The molecule has 0 bridgehead atoms. The molecule has 1 amide bonds. The second-order valence-electron chi connectivity index (χ2n) is 6.22. The van der Waals surface area contributed by atoms with Crippen molar-refractivity contribution < 1.29 is 4.79 Å². The number of carbonyl (C=O) groups excluding carboxylic acids is 1. The summed E-state index contributed by atoms with van der Waals surface area (Å²) >= 11 is 0. The van der Waals surface area contributed by atoms with Crippen LogP contribution in [0.1, 0.15) is 45.8 Å². The number of nitrogens with one attached hydrogen (secondary N) is 1. The van der Waals surface area contributed by atoms with Gasteiger partial charge in [-0.1, -0.05) is 30.3 Å². The minimum Gasteiger partial charge on any atom is -0.345 e. The molecule has 3 aromatic rings. The van der Waals surface area contributed by atoms with E-state index in [1.54, 1.807) is 16.8 Å². The normalized spacial score (nSPS) is 11.6. The summed E-state index contributed by atoms with van der Waals surface area (Å²) in [6, 6.07) is 18.9. The standard InChI is InChI=1S/C21H20N4O/c1-14(18-11-9-17(13-22)10-12-18)23-21(26)20-15(2)24-25(16(20)3)19-7-5-4-6-8-19/h4-12,14H,1-3H3,(H,23,26). The summed E-state index contributed by atoms with van der Waals surface area (Å²) in [6.07, 6.45) is 0. The van der Waals surface area contributed by atoms with Crippen molar-refractivity contribution >= 4 is 5.91 Å². The molecule has 0 saturated carbocycles. The smallest absolute Gasteiger partial charge is 0.255 e. The Labute approximate surface area is 152 Å². The molecule has 5 heteroatoms. The first kappa shape index (κ1) is 17.4. The number of nitriles is 1. The summed E-state index contributed by atoms with van der Waals surface area (Å²) in [5.74, 6) is -0.154. The quantitative estimate of drug-likeness (QED) is 0.781. The number of aromatic nitrogens is 2. The van der Waals surface area contributed by atoms with E-state index in [9.17, 15) is 4.79 Å². The number of hydrogen-bond acceptors (Lipinski definition) is 3. The molecule has 0 fully saturated rings. The Bertz CT molecular complexity index is 966. The molecule has 130 valence electrons. The molecule has 0 aliphatic carbocycles. The Kier molecular flexibility index (Phi) is 4.85. The Hall–Kier alpha value is -3.39. The predicted molar refractivity (Wildman–Crippen MR) is 100 cm³/mol. The van der Waals surface area contributed by atoms with Crippen LogP contribution in [0, 0.1) is 25.2 Å². The maximum absolute atomic E-state index is 12.8. The molecule has 0 radical (unpaired) electrons. The highest BCUT2D eigenvalue weighted by molar-refractivity contribution is 5.96. The van der Waals surface area contributed by atoms with Crippen molar-refractivity contribution in [2.75, 3.05) is 0 Å². The van der Waals surface area contributed by atoms with Gasteiger partial charge in [0.25, 0.3) is 5.91 Å². The third-order valence-electron chi connectivity index (χ3n) is 4.41. The van der Waals surface area contributed by atoms with Crippen LogP contribution in [0.2, 0.25) is 0 Å². The van der Waals surface area contributed by atoms with Gasteiger partial charge in [0.2, 0.25) is 0 Å². The van der Waals surface area contributed by atoms with Crippen LogP contribution in [0.4, 0.5) is 0 Å². The Balaban J connectivity index is 1.84. The molecular weight excluding hydrogens is 324 g/mol. The van der Waals surface area contributed by atoms with Gasteiger partial charge in [-0.2, -0.15) is 10.4 Å². The first-order valence-corrected chi connectivity index (χ1v) is 8.44. The zero-order valence-electron chi connectivity index (χ0n) is 15.0. The number of nitrogens with zero attached hydrogens (tertiary/aromatic N) is 3. The second kappa shape index (κ2) is 7.24. The molecule has 5 nitrogen and oxygen atoms in total. The lowest BCUT2D eigenvalue weighted by Gasteiger charge is -2.14. The van der Waals surface area contributed by atoms with Crippen LogP contribution in [0.3, 0.4) is 0 Å². The van der Waals surface area contributed by atoms with Gasteiger partial charge in [0.15, 0.2) is 0 Å². The second-order valence-corrected chi connectivity index (χ2v) is 6.22. The lowest BCUT2D eigenvalue weighted by atomic mass is 10.1. The van der Waals surface area contributed by atoms with E-state index in [0.717, 1.165) is 16.9 Å². The van der Waals surface area contributed by atoms with Crippen molar-refractivity contribution in [3.05, 3.63) is 82.7 Å². The van der Waals surface area contributed by atoms with Crippen LogP contribution >= 0.6 is 0 Å². The summed E-state index contributed by atoms with van der Waals surface area (Å²) < 4.78 is 1.79. The zero-order chi connectivity index (χ0) is 18.7. The lowest BCUT2D eigenvalue weighted by molar-refractivity contribution is 0.0938. The fourth-order valence-corrected chi connectivity index (χ4v) is 2.99. The fourth-order valence-electron chi connectivity index (χ4n) is 2.99. The molecule has 26 heavy (non-hydrogen) atoms. The van der Waals surface area contributed by atoms with E-state index in [-0.39, 0.29) is 11.9 Å². The summed E-state index contributed by atoms with van der Waals surface area (Å²) in [5, 5.41) is 16.4. The third kappa shape index (κ3) is 3.35. The molecule has 0 saturated heterocycles.